The third-order valence-electron chi connectivity index (χ3n) is 5.34. The molecule has 0 bridgehead atoms. The topological polar surface area (TPSA) is 92.8 Å². The molecular weight excluding hydrogens is 404 g/mol. The number of rotatable bonds is 7. The molecule has 1 saturated carbocycles. The number of nitrogens with one attached hydrogen (secondary N) is 1. The number of benzene rings is 2. The summed E-state index contributed by atoms with van der Waals surface area (Å²) in [4.78, 5) is 27.2. The predicted octanol–water partition coefficient (Wildman–Crippen LogP) is 2.50. The summed E-state index contributed by atoms with van der Waals surface area (Å²) >= 11 is 0. The fourth-order valence-electron chi connectivity index (χ4n) is 3.77. The summed E-state index contributed by atoms with van der Waals surface area (Å²) in [7, 11) is -3.08. The van der Waals surface area contributed by atoms with Crippen molar-refractivity contribution in [1.29, 1.82) is 0 Å². The fraction of sp³-hybridized carbons (Fsp3) is 0.364. The third-order valence-corrected chi connectivity index (χ3v) is 7.09. The van der Waals surface area contributed by atoms with E-state index in [0.29, 0.717) is 23.4 Å². The van der Waals surface area contributed by atoms with Crippen molar-refractivity contribution in [2.45, 2.75) is 31.3 Å². The number of nitrogens with zero attached hydrogens (tertiary/aromatic N) is 1. The molecule has 2 aromatic carbocycles. The highest BCUT2D eigenvalue weighted by atomic mass is 32.2. The van der Waals surface area contributed by atoms with Gasteiger partial charge in [0.05, 0.1) is 17.1 Å². The van der Waals surface area contributed by atoms with Crippen LogP contribution in [0.4, 0.5) is 5.69 Å². The summed E-state index contributed by atoms with van der Waals surface area (Å²) in [5.41, 5.74) is 0.992. The Bertz CT molecular complexity index is 1030. The Hall–Kier alpha value is -2.87. The highest BCUT2D eigenvalue weighted by Crippen LogP contribution is 2.32. The van der Waals surface area contributed by atoms with Gasteiger partial charge >= 0.3 is 0 Å². The van der Waals surface area contributed by atoms with Crippen LogP contribution in [0.1, 0.15) is 29.6 Å². The van der Waals surface area contributed by atoms with Crippen LogP contribution in [0.2, 0.25) is 0 Å². The molecule has 2 aromatic rings. The zero-order chi connectivity index (χ0) is 21.1. The Morgan fingerprint density at radius 1 is 0.967 bits per heavy atom. The van der Waals surface area contributed by atoms with Crippen LogP contribution in [0, 0.1) is 0 Å². The van der Waals surface area contributed by atoms with Gasteiger partial charge in [-0.2, -0.15) is 0 Å². The number of ether oxygens (including phenoxy) is 1. The molecule has 0 aromatic heterocycles. The SMILES string of the molecule is O=C(Nc1ccccc1)c1ccccc1OCC(=O)N(C1CC1)C1CCS(=O)(=O)C1. The van der Waals surface area contributed by atoms with Crippen LogP contribution in [-0.4, -0.2) is 55.3 Å². The van der Waals surface area contributed by atoms with Crippen LogP contribution < -0.4 is 10.1 Å². The van der Waals surface area contributed by atoms with Gasteiger partial charge in [0.15, 0.2) is 16.4 Å². The smallest absolute Gasteiger partial charge is 0.261 e. The minimum Gasteiger partial charge on any atom is -0.483 e. The number of hydrogen-bond donors (Lipinski definition) is 1. The number of amides is 2. The van der Waals surface area contributed by atoms with Crippen molar-refractivity contribution in [3.8, 4) is 5.75 Å². The number of carbonyl (C=O) groups is 2. The van der Waals surface area contributed by atoms with Crippen LogP contribution in [0.3, 0.4) is 0 Å². The molecule has 1 aliphatic heterocycles. The number of para-hydroxylation sites is 2. The predicted molar refractivity (Wildman–Crippen MR) is 113 cm³/mol. The van der Waals surface area contributed by atoms with E-state index in [1.807, 2.05) is 18.2 Å². The van der Waals surface area contributed by atoms with Gasteiger partial charge in [-0.1, -0.05) is 30.3 Å². The molecule has 2 fully saturated rings. The molecule has 30 heavy (non-hydrogen) atoms. The summed E-state index contributed by atoms with van der Waals surface area (Å²) in [5.74, 6) is -0.111. The molecule has 2 amide bonds. The molecule has 1 saturated heterocycles. The Labute approximate surface area is 175 Å². The third kappa shape index (κ3) is 4.81. The van der Waals surface area contributed by atoms with Crippen molar-refractivity contribution in [2.24, 2.45) is 0 Å². The second kappa shape index (κ2) is 8.47. The first kappa shape index (κ1) is 20.4. The summed E-state index contributed by atoms with van der Waals surface area (Å²) in [6.07, 6.45) is 2.25. The maximum absolute atomic E-state index is 12.9. The molecule has 1 heterocycles. The van der Waals surface area contributed by atoms with E-state index in [0.717, 1.165) is 12.8 Å². The van der Waals surface area contributed by atoms with Gasteiger partial charge in [0.1, 0.15) is 5.75 Å². The van der Waals surface area contributed by atoms with Gasteiger partial charge in [-0.25, -0.2) is 8.42 Å². The minimum absolute atomic E-state index is 0.0192. The molecular formula is C22H24N2O5S. The Kier molecular flexibility index (Phi) is 5.76. The fourth-order valence-corrected chi connectivity index (χ4v) is 5.48. The van der Waals surface area contributed by atoms with E-state index in [1.165, 1.54) is 0 Å². The quantitative estimate of drug-likeness (QED) is 0.731. The summed E-state index contributed by atoms with van der Waals surface area (Å²) < 4.78 is 29.4. The van der Waals surface area contributed by atoms with E-state index in [-0.39, 0.29) is 42.0 Å². The Morgan fingerprint density at radius 2 is 1.67 bits per heavy atom. The van der Waals surface area contributed by atoms with E-state index < -0.39 is 9.84 Å². The Morgan fingerprint density at radius 3 is 2.33 bits per heavy atom. The maximum Gasteiger partial charge on any atom is 0.261 e. The molecule has 158 valence electrons. The molecule has 1 unspecified atom stereocenters. The van der Waals surface area contributed by atoms with Crippen molar-refractivity contribution in [2.75, 3.05) is 23.4 Å². The largest absolute Gasteiger partial charge is 0.483 e. The maximum atomic E-state index is 12.9. The number of carbonyl (C=O) groups excluding carboxylic acids is 2. The first-order chi connectivity index (χ1) is 14.4. The minimum atomic E-state index is -3.08. The lowest BCUT2D eigenvalue weighted by molar-refractivity contribution is -0.135. The first-order valence-corrected chi connectivity index (χ1v) is 11.8. The van der Waals surface area contributed by atoms with Gasteiger partial charge in [0.25, 0.3) is 11.8 Å². The van der Waals surface area contributed by atoms with Crippen molar-refractivity contribution in [3.05, 3.63) is 60.2 Å². The molecule has 0 radical (unpaired) electrons. The van der Waals surface area contributed by atoms with Crippen LogP contribution in [0.15, 0.2) is 54.6 Å². The van der Waals surface area contributed by atoms with E-state index >= 15 is 0 Å². The average molecular weight is 429 g/mol. The van der Waals surface area contributed by atoms with Crippen molar-refractivity contribution in [1.82, 2.24) is 4.90 Å². The van der Waals surface area contributed by atoms with Crippen molar-refractivity contribution >= 4 is 27.3 Å². The van der Waals surface area contributed by atoms with Gasteiger partial charge in [0.2, 0.25) is 0 Å². The first-order valence-electron chi connectivity index (χ1n) is 10.0. The zero-order valence-electron chi connectivity index (χ0n) is 16.5. The summed E-state index contributed by atoms with van der Waals surface area (Å²) in [6.45, 7) is -0.233. The molecule has 1 aliphatic carbocycles. The highest BCUT2D eigenvalue weighted by molar-refractivity contribution is 7.91. The standard InChI is InChI=1S/C22H24N2O5S/c25-21(24(17-10-11-17)18-12-13-30(27,28)15-18)14-29-20-9-5-4-8-19(20)22(26)23-16-6-2-1-3-7-16/h1-9,17-18H,10-15H2,(H,23,26). The summed E-state index contributed by atoms with van der Waals surface area (Å²) in [5, 5.41) is 2.81. The van der Waals surface area contributed by atoms with Crippen molar-refractivity contribution in [3.63, 3.8) is 0 Å². The molecule has 1 N–H and O–H groups in total. The second-order valence-corrected chi connectivity index (χ2v) is 9.92. The van der Waals surface area contributed by atoms with Crippen molar-refractivity contribution < 1.29 is 22.7 Å². The average Bonchev–Trinajstić information content (AvgIpc) is 3.50. The lowest BCUT2D eigenvalue weighted by Gasteiger charge is -2.28. The molecule has 4 rings (SSSR count). The van der Waals surface area contributed by atoms with Crippen LogP contribution in [0.25, 0.3) is 0 Å². The summed E-state index contributed by atoms with van der Waals surface area (Å²) in [6, 6.07) is 15.6. The van der Waals surface area contributed by atoms with E-state index in [4.69, 9.17) is 4.74 Å². The molecule has 1 atom stereocenters. The number of anilines is 1. The molecule has 2 aliphatic rings. The lowest BCUT2D eigenvalue weighted by Crippen LogP contribution is -2.45. The molecule has 8 heteroatoms. The van der Waals surface area contributed by atoms with E-state index in [1.54, 1.807) is 41.3 Å². The highest BCUT2D eigenvalue weighted by Gasteiger charge is 2.42. The van der Waals surface area contributed by atoms with Gasteiger partial charge in [-0.15, -0.1) is 0 Å². The normalized spacial score (nSPS) is 19.8. The Balaban J connectivity index is 1.43. The van der Waals surface area contributed by atoms with Crippen LogP contribution in [0.5, 0.6) is 5.75 Å². The number of hydrogen-bond acceptors (Lipinski definition) is 5. The number of sulfone groups is 1. The molecule has 7 nitrogen and oxygen atoms in total. The van der Waals surface area contributed by atoms with Crippen LogP contribution >= 0.6 is 0 Å². The van der Waals surface area contributed by atoms with E-state index in [9.17, 15) is 18.0 Å². The van der Waals surface area contributed by atoms with Crippen LogP contribution in [-0.2, 0) is 14.6 Å². The van der Waals surface area contributed by atoms with Gasteiger partial charge in [-0.05, 0) is 43.5 Å². The second-order valence-electron chi connectivity index (χ2n) is 7.69. The van der Waals surface area contributed by atoms with Gasteiger partial charge in [0, 0.05) is 17.8 Å². The molecule has 0 spiro atoms. The van der Waals surface area contributed by atoms with E-state index in [2.05, 4.69) is 5.32 Å². The van der Waals surface area contributed by atoms with Gasteiger partial charge < -0.3 is 15.0 Å². The van der Waals surface area contributed by atoms with Gasteiger partial charge in [-0.3, -0.25) is 9.59 Å². The monoisotopic (exact) mass is 428 g/mol. The lowest BCUT2D eigenvalue weighted by atomic mass is 10.2. The zero-order valence-corrected chi connectivity index (χ0v) is 17.3.